The lowest BCUT2D eigenvalue weighted by Gasteiger charge is -2.33. The maximum atomic E-state index is 11.0. The minimum absolute atomic E-state index is 0.0598. The normalized spacial score (nSPS) is 19.5. The predicted molar refractivity (Wildman–Crippen MR) is 73.6 cm³/mol. The van der Waals surface area contributed by atoms with Crippen molar-refractivity contribution in [3.8, 4) is 0 Å². The number of morpholine rings is 1. The van der Waals surface area contributed by atoms with Crippen molar-refractivity contribution < 1.29 is 22.3 Å². The van der Waals surface area contributed by atoms with E-state index in [4.69, 9.17) is 8.92 Å². The third-order valence-corrected chi connectivity index (χ3v) is 3.46. The number of aromatic nitrogens is 1. The van der Waals surface area contributed by atoms with Crippen LogP contribution < -0.4 is 4.90 Å². The maximum Gasteiger partial charge on any atom is 0.363 e. The minimum Gasteiger partial charge on any atom is -0.372 e. The molecule has 0 radical (unpaired) electrons. The zero-order valence-electron chi connectivity index (χ0n) is 11.3. The largest absolute Gasteiger partial charge is 0.372 e. The van der Waals surface area contributed by atoms with Crippen molar-refractivity contribution in [1.29, 1.82) is 0 Å². The fourth-order valence-corrected chi connectivity index (χ4v) is 2.33. The van der Waals surface area contributed by atoms with Crippen LogP contribution in [0.15, 0.2) is 18.3 Å². The summed E-state index contributed by atoms with van der Waals surface area (Å²) in [6, 6.07) is 2.93. The summed E-state index contributed by atoms with van der Waals surface area (Å²) >= 11 is 0. The summed E-state index contributed by atoms with van der Waals surface area (Å²) < 4.78 is 32.1. The smallest absolute Gasteiger partial charge is 0.363 e. The van der Waals surface area contributed by atoms with Crippen molar-refractivity contribution in [3.05, 3.63) is 28.4 Å². The molecule has 2 rings (SSSR count). The molecule has 1 saturated heterocycles. The second-order valence-electron chi connectivity index (χ2n) is 4.56. The Morgan fingerprint density at radius 1 is 1.57 bits per heavy atom. The lowest BCUT2D eigenvalue weighted by molar-refractivity contribution is -0.389. The molecule has 1 unspecified atom stereocenters. The summed E-state index contributed by atoms with van der Waals surface area (Å²) in [5.74, 6) is -0.219. The maximum absolute atomic E-state index is 11.0. The Bertz CT molecular complexity index is 603. The first-order valence-corrected chi connectivity index (χ1v) is 7.98. The van der Waals surface area contributed by atoms with Crippen molar-refractivity contribution in [2.45, 2.75) is 6.10 Å². The van der Waals surface area contributed by atoms with Crippen molar-refractivity contribution in [2.24, 2.45) is 0 Å². The molecule has 0 spiro atoms. The van der Waals surface area contributed by atoms with Gasteiger partial charge in [0.1, 0.15) is 0 Å². The molecule has 1 fully saturated rings. The Kier molecular flexibility index (Phi) is 4.70. The van der Waals surface area contributed by atoms with E-state index in [1.807, 2.05) is 4.90 Å². The molecule has 9 nitrogen and oxygen atoms in total. The van der Waals surface area contributed by atoms with E-state index in [-0.39, 0.29) is 18.5 Å². The van der Waals surface area contributed by atoms with E-state index in [1.165, 1.54) is 12.3 Å². The van der Waals surface area contributed by atoms with Crippen LogP contribution in [0.1, 0.15) is 0 Å². The van der Waals surface area contributed by atoms with E-state index in [1.54, 1.807) is 6.07 Å². The van der Waals surface area contributed by atoms with Gasteiger partial charge >= 0.3 is 5.82 Å². The standard InChI is InChI=1S/C11H15N3O6S/c1-21(17,18)20-8-10-7-13(4-5-19-10)9-2-3-11(12-6-9)14(15)16/h2-3,6,10H,4-5,7-8H2,1H3. The van der Waals surface area contributed by atoms with Crippen molar-refractivity contribution in [2.75, 3.05) is 37.5 Å². The predicted octanol–water partition coefficient (Wildman–Crippen LogP) is 0.171. The van der Waals surface area contributed by atoms with Gasteiger partial charge in [0.25, 0.3) is 10.1 Å². The number of hydrogen-bond donors (Lipinski definition) is 0. The highest BCUT2D eigenvalue weighted by Gasteiger charge is 2.23. The van der Waals surface area contributed by atoms with Crippen LogP contribution in [0.2, 0.25) is 0 Å². The summed E-state index contributed by atoms with van der Waals surface area (Å²) in [5, 5.41) is 10.6. The second-order valence-corrected chi connectivity index (χ2v) is 6.20. The van der Waals surface area contributed by atoms with Gasteiger partial charge in [-0.15, -0.1) is 0 Å². The molecule has 2 heterocycles. The third kappa shape index (κ3) is 4.62. The zero-order chi connectivity index (χ0) is 15.5. The molecule has 0 bridgehead atoms. The first-order valence-electron chi connectivity index (χ1n) is 6.16. The summed E-state index contributed by atoms with van der Waals surface area (Å²) in [7, 11) is -3.51. The molecule has 1 aliphatic rings. The number of ether oxygens (including phenoxy) is 1. The lowest BCUT2D eigenvalue weighted by atomic mass is 10.2. The van der Waals surface area contributed by atoms with Gasteiger partial charge in [-0.3, -0.25) is 4.18 Å². The number of nitrogens with zero attached hydrogens (tertiary/aromatic N) is 3. The Hall–Kier alpha value is -1.78. The van der Waals surface area contributed by atoms with E-state index in [9.17, 15) is 18.5 Å². The number of pyridine rings is 1. The Balaban J connectivity index is 1.98. The van der Waals surface area contributed by atoms with Crippen molar-refractivity contribution in [1.82, 2.24) is 4.98 Å². The van der Waals surface area contributed by atoms with Gasteiger partial charge < -0.3 is 19.8 Å². The molecule has 21 heavy (non-hydrogen) atoms. The van der Waals surface area contributed by atoms with Crippen LogP contribution >= 0.6 is 0 Å². The van der Waals surface area contributed by atoms with Gasteiger partial charge in [-0.1, -0.05) is 0 Å². The van der Waals surface area contributed by atoms with E-state index >= 15 is 0 Å². The fraction of sp³-hybridized carbons (Fsp3) is 0.545. The van der Waals surface area contributed by atoms with E-state index < -0.39 is 15.0 Å². The van der Waals surface area contributed by atoms with Gasteiger partial charge in [0.05, 0.1) is 31.3 Å². The minimum atomic E-state index is -3.51. The Labute approximate surface area is 121 Å². The fourth-order valence-electron chi connectivity index (χ4n) is 1.93. The van der Waals surface area contributed by atoms with Crippen LogP contribution in [0.3, 0.4) is 0 Å². The molecule has 1 aromatic rings. The molecule has 0 aromatic carbocycles. The van der Waals surface area contributed by atoms with Crippen LogP contribution in [0, 0.1) is 10.1 Å². The number of hydrogen-bond acceptors (Lipinski definition) is 8. The Morgan fingerprint density at radius 3 is 2.90 bits per heavy atom. The topological polar surface area (TPSA) is 112 Å². The van der Waals surface area contributed by atoms with Crippen LogP contribution in [-0.4, -0.2) is 57.0 Å². The van der Waals surface area contributed by atoms with Gasteiger partial charge in [-0.25, -0.2) is 0 Å². The molecule has 1 aromatic heterocycles. The highest BCUT2D eigenvalue weighted by atomic mass is 32.2. The quantitative estimate of drug-likeness (QED) is 0.429. The van der Waals surface area contributed by atoms with E-state index in [0.717, 1.165) is 6.26 Å². The van der Waals surface area contributed by atoms with Gasteiger partial charge in [0.15, 0.2) is 6.20 Å². The molecule has 116 valence electrons. The molecule has 0 aliphatic carbocycles. The first-order chi connectivity index (χ1) is 9.85. The average Bonchev–Trinajstić information content (AvgIpc) is 2.45. The van der Waals surface area contributed by atoms with Crippen LogP contribution in [0.5, 0.6) is 0 Å². The molecule has 0 saturated carbocycles. The number of anilines is 1. The number of rotatable bonds is 5. The first kappa shape index (κ1) is 15.6. The summed E-state index contributed by atoms with van der Waals surface area (Å²) in [5.41, 5.74) is 0.716. The van der Waals surface area contributed by atoms with Crippen LogP contribution in [0.25, 0.3) is 0 Å². The lowest BCUT2D eigenvalue weighted by Crippen LogP contribution is -2.44. The molecule has 1 aliphatic heterocycles. The third-order valence-electron chi connectivity index (χ3n) is 2.89. The van der Waals surface area contributed by atoms with Gasteiger partial charge in [-0.05, 0) is 16.0 Å². The monoisotopic (exact) mass is 317 g/mol. The molecule has 1 atom stereocenters. The summed E-state index contributed by atoms with van der Waals surface area (Å²) in [6.07, 6.45) is 2.01. The highest BCUT2D eigenvalue weighted by Crippen LogP contribution is 2.19. The van der Waals surface area contributed by atoms with Gasteiger partial charge in [0, 0.05) is 19.2 Å². The molecular weight excluding hydrogens is 302 g/mol. The number of nitro groups is 1. The zero-order valence-corrected chi connectivity index (χ0v) is 12.2. The molecule has 0 N–H and O–H groups in total. The van der Waals surface area contributed by atoms with Gasteiger partial charge in [-0.2, -0.15) is 8.42 Å². The average molecular weight is 317 g/mol. The molecule has 0 amide bonds. The van der Waals surface area contributed by atoms with Crippen LogP contribution in [-0.2, 0) is 19.0 Å². The SMILES string of the molecule is CS(=O)(=O)OCC1CN(c2ccc([N+](=O)[O-])nc2)CCO1. The summed E-state index contributed by atoms with van der Waals surface area (Å²) in [4.78, 5) is 15.7. The summed E-state index contributed by atoms with van der Waals surface area (Å²) in [6.45, 7) is 1.37. The van der Waals surface area contributed by atoms with Crippen LogP contribution in [0.4, 0.5) is 11.5 Å². The van der Waals surface area contributed by atoms with Gasteiger partial charge in [0.2, 0.25) is 0 Å². The molecular formula is C11H15N3O6S. The van der Waals surface area contributed by atoms with E-state index in [2.05, 4.69) is 4.98 Å². The molecule has 10 heteroatoms. The van der Waals surface area contributed by atoms with Crippen molar-refractivity contribution >= 4 is 21.6 Å². The van der Waals surface area contributed by atoms with Crippen molar-refractivity contribution in [3.63, 3.8) is 0 Å². The Morgan fingerprint density at radius 2 is 2.33 bits per heavy atom. The highest BCUT2D eigenvalue weighted by molar-refractivity contribution is 7.85. The van der Waals surface area contributed by atoms with E-state index in [0.29, 0.717) is 25.4 Å². The second kappa shape index (κ2) is 6.33.